The number of rotatable bonds is 3. The Bertz CT molecular complexity index is 823. The van der Waals surface area contributed by atoms with Crippen LogP contribution in [0.25, 0.3) is 6.08 Å². The van der Waals surface area contributed by atoms with Crippen LogP contribution in [0.1, 0.15) is 62.5 Å². The van der Waals surface area contributed by atoms with Gasteiger partial charge in [0.1, 0.15) is 11.9 Å². The number of esters is 1. The van der Waals surface area contributed by atoms with E-state index in [4.69, 9.17) is 4.74 Å². The molecule has 30 heavy (non-hydrogen) atoms. The summed E-state index contributed by atoms with van der Waals surface area (Å²) in [6, 6.07) is 8.18. The Morgan fingerprint density at radius 3 is 2.53 bits per heavy atom. The van der Waals surface area contributed by atoms with Crippen molar-refractivity contribution in [1.29, 1.82) is 0 Å². The topological polar surface area (TPSA) is 53.0 Å². The molecule has 0 amide bonds. The minimum absolute atomic E-state index is 0.0286. The number of aryl methyl sites for hydroxylation is 1. The number of piperidine rings is 4. The summed E-state index contributed by atoms with van der Waals surface area (Å²) in [4.78, 5) is 18.0. The molecule has 4 fully saturated rings. The van der Waals surface area contributed by atoms with E-state index in [-0.39, 0.29) is 17.8 Å². The minimum atomic E-state index is -0.258. The van der Waals surface area contributed by atoms with Crippen molar-refractivity contribution in [3.8, 4) is 5.75 Å². The summed E-state index contributed by atoms with van der Waals surface area (Å²) in [7, 11) is 0. The van der Waals surface area contributed by atoms with Crippen molar-refractivity contribution in [2.45, 2.75) is 88.6 Å². The van der Waals surface area contributed by atoms with Gasteiger partial charge in [0.15, 0.2) is 0 Å². The molecule has 1 aromatic carbocycles. The van der Waals surface area contributed by atoms with Crippen LogP contribution in [0, 0.1) is 6.92 Å². The number of carbonyl (C=O) groups is 1. The molecular formula is C25H34N2O3. The number of hydrogen-bond acceptors (Lipinski definition) is 5. The van der Waals surface area contributed by atoms with Crippen LogP contribution in [0.2, 0.25) is 0 Å². The number of aromatic hydroxyl groups is 1. The second kappa shape index (κ2) is 8.35. The smallest absolute Gasteiger partial charge is 0.331 e. The van der Waals surface area contributed by atoms with Crippen LogP contribution in [0.5, 0.6) is 5.75 Å². The number of ether oxygens (including phenoxy) is 1. The maximum absolute atomic E-state index is 12.4. The molecule has 4 saturated heterocycles. The van der Waals surface area contributed by atoms with Crippen LogP contribution in [0.4, 0.5) is 0 Å². The number of nitrogens with zero attached hydrogens (tertiary/aromatic N) is 2. The van der Waals surface area contributed by atoms with Gasteiger partial charge in [0.2, 0.25) is 0 Å². The van der Waals surface area contributed by atoms with Gasteiger partial charge in [-0.1, -0.05) is 12.5 Å². The molecule has 4 aliphatic rings. The third-order valence-electron chi connectivity index (χ3n) is 7.87. The van der Waals surface area contributed by atoms with Gasteiger partial charge in [-0.2, -0.15) is 0 Å². The SMILES string of the molecule is Cc1cc(/C=C/C(=O)OC2CCN3[C@@H]4C[C@@H](C[C@@H]3C2)N2CCCC[C@@H]2C4)ccc1O. The fourth-order valence-electron chi connectivity index (χ4n) is 6.43. The van der Waals surface area contributed by atoms with Gasteiger partial charge in [0.05, 0.1) is 0 Å². The van der Waals surface area contributed by atoms with Crippen LogP contribution >= 0.6 is 0 Å². The minimum Gasteiger partial charge on any atom is -0.508 e. The van der Waals surface area contributed by atoms with E-state index in [1.807, 2.05) is 13.0 Å². The first-order valence-corrected chi connectivity index (χ1v) is 11.8. The second-order valence-corrected chi connectivity index (χ2v) is 9.76. The number of fused-ring (bicyclic) bond motifs is 6. The van der Waals surface area contributed by atoms with Crippen molar-refractivity contribution >= 4 is 12.0 Å². The molecule has 5 rings (SSSR count). The third kappa shape index (κ3) is 4.02. The van der Waals surface area contributed by atoms with Crippen LogP contribution in [-0.2, 0) is 9.53 Å². The van der Waals surface area contributed by atoms with E-state index in [1.165, 1.54) is 51.1 Å². The van der Waals surface area contributed by atoms with Crippen LogP contribution in [-0.4, -0.2) is 64.2 Å². The molecule has 0 aromatic heterocycles. The second-order valence-electron chi connectivity index (χ2n) is 9.76. The lowest BCUT2D eigenvalue weighted by Crippen LogP contribution is -2.65. The van der Waals surface area contributed by atoms with Gasteiger partial charge in [-0.15, -0.1) is 0 Å². The molecule has 1 aromatic rings. The molecule has 5 nitrogen and oxygen atoms in total. The average Bonchev–Trinajstić information content (AvgIpc) is 2.74. The Morgan fingerprint density at radius 2 is 1.73 bits per heavy atom. The van der Waals surface area contributed by atoms with Gasteiger partial charge < -0.3 is 9.84 Å². The molecule has 0 aliphatic carbocycles. The molecule has 1 N–H and O–H groups in total. The molecule has 4 heterocycles. The Morgan fingerprint density at radius 1 is 1.00 bits per heavy atom. The molecule has 5 atom stereocenters. The van der Waals surface area contributed by atoms with Crippen molar-refractivity contribution in [1.82, 2.24) is 9.80 Å². The monoisotopic (exact) mass is 410 g/mol. The standard InChI is InChI=1S/C25H34N2O3/c1-17-12-18(5-7-24(17)28)6-8-25(29)30-23-9-11-27-20-13-19-4-2-3-10-26(19)21(14-20)15-22(27)16-23/h5-8,12,19-23,28H,2-4,9-11,13-16H2,1H3/b8-6+/t19-,20+,21+,22-,23?/m1/s1. The molecule has 0 saturated carbocycles. The molecule has 5 heteroatoms. The van der Waals surface area contributed by atoms with E-state index in [9.17, 15) is 9.90 Å². The van der Waals surface area contributed by atoms with E-state index in [0.29, 0.717) is 6.04 Å². The number of benzene rings is 1. The first-order chi connectivity index (χ1) is 14.6. The van der Waals surface area contributed by atoms with Gasteiger partial charge in [-0.05, 0) is 81.3 Å². The highest BCUT2D eigenvalue weighted by atomic mass is 16.5. The lowest BCUT2D eigenvalue weighted by Gasteiger charge is -2.58. The van der Waals surface area contributed by atoms with E-state index in [1.54, 1.807) is 18.2 Å². The Hall–Kier alpha value is -1.85. The lowest BCUT2D eigenvalue weighted by atomic mass is 9.76. The van der Waals surface area contributed by atoms with Crippen molar-refractivity contribution in [3.05, 3.63) is 35.4 Å². The van der Waals surface area contributed by atoms with E-state index >= 15 is 0 Å². The summed E-state index contributed by atoms with van der Waals surface area (Å²) < 4.78 is 5.83. The molecule has 1 unspecified atom stereocenters. The van der Waals surface area contributed by atoms with E-state index in [2.05, 4.69) is 9.80 Å². The quantitative estimate of drug-likeness (QED) is 0.605. The largest absolute Gasteiger partial charge is 0.508 e. The number of phenols is 1. The highest BCUT2D eigenvalue weighted by molar-refractivity contribution is 5.87. The maximum atomic E-state index is 12.4. The van der Waals surface area contributed by atoms with Gasteiger partial charge in [-0.3, -0.25) is 9.80 Å². The zero-order chi connectivity index (χ0) is 20.7. The summed E-state index contributed by atoms with van der Waals surface area (Å²) in [6.45, 7) is 4.20. The average molecular weight is 411 g/mol. The highest BCUT2D eigenvalue weighted by Gasteiger charge is 2.47. The molecule has 2 bridgehead atoms. The Balaban J connectivity index is 1.18. The van der Waals surface area contributed by atoms with Crippen molar-refractivity contribution in [2.75, 3.05) is 13.1 Å². The molecule has 0 radical (unpaired) electrons. The van der Waals surface area contributed by atoms with Crippen LogP contribution in [0.15, 0.2) is 24.3 Å². The summed E-state index contributed by atoms with van der Waals surface area (Å²) in [5.74, 6) is 0.0147. The number of hydrogen-bond donors (Lipinski definition) is 1. The van der Waals surface area contributed by atoms with E-state index in [0.717, 1.165) is 48.6 Å². The number of phenolic OH excluding ortho intramolecular Hbond substituents is 1. The van der Waals surface area contributed by atoms with Crippen LogP contribution < -0.4 is 0 Å². The van der Waals surface area contributed by atoms with Gasteiger partial charge in [0, 0.05) is 43.2 Å². The Kier molecular flexibility index (Phi) is 5.59. The zero-order valence-electron chi connectivity index (χ0n) is 18.0. The van der Waals surface area contributed by atoms with Gasteiger partial charge >= 0.3 is 5.97 Å². The zero-order valence-corrected chi connectivity index (χ0v) is 18.0. The summed E-state index contributed by atoms with van der Waals surface area (Å²) >= 11 is 0. The molecule has 4 aliphatic heterocycles. The molecular weight excluding hydrogens is 376 g/mol. The fourth-order valence-corrected chi connectivity index (χ4v) is 6.43. The summed E-state index contributed by atoms with van der Waals surface area (Å²) in [5, 5.41) is 9.63. The van der Waals surface area contributed by atoms with E-state index < -0.39 is 0 Å². The van der Waals surface area contributed by atoms with Gasteiger partial charge in [0.25, 0.3) is 0 Å². The predicted octanol–water partition coefficient (Wildman–Crippen LogP) is 3.88. The predicted molar refractivity (Wildman–Crippen MR) is 117 cm³/mol. The molecule has 0 spiro atoms. The lowest BCUT2D eigenvalue weighted by molar-refractivity contribution is -0.149. The van der Waals surface area contributed by atoms with Crippen LogP contribution in [0.3, 0.4) is 0 Å². The third-order valence-corrected chi connectivity index (χ3v) is 7.87. The molecule has 162 valence electrons. The van der Waals surface area contributed by atoms with Crippen molar-refractivity contribution < 1.29 is 14.6 Å². The van der Waals surface area contributed by atoms with Crippen molar-refractivity contribution in [3.63, 3.8) is 0 Å². The first kappa shape index (κ1) is 20.1. The first-order valence-electron chi connectivity index (χ1n) is 11.8. The van der Waals surface area contributed by atoms with Crippen molar-refractivity contribution in [2.24, 2.45) is 0 Å². The fraction of sp³-hybridized carbons (Fsp3) is 0.640. The maximum Gasteiger partial charge on any atom is 0.331 e. The highest BCUT2D eigenvalue weighted by Crippen LogP contribution is 2.42. The van der Waals surface area contributed by atoms with Gasteiger partial charge in [-0.25, -0.2) is 4.79 Å². The number of carbonyl (C=O) groups excluding carboxylic acids is 1. The summed E-state index contributed by atoms with van der Waals surface area (Å²) in [6.07, 6.45) is 13.3. The Labute approximate surface area is 179 Å². The normalized spacial score (nSPS) is 34.4. The summed E-state index contributed by atoms with van der Waals surface area (Å²) in [5.41, 5.74) is 1.70.